The highest BCUT2D eigenvalue weighted by atomic mass is 14.5. The van der Waals surface area contributed by atoms with Crippen molar-refractivity contribution in [3.63, 3.8) is 0 Å². The zero-order valence-electron chi connectivity index (χ0n) is 11.7. The molecule has 0 unspecified atom stereocenters. The SMILES string of the molecule is Cc1cc(C)c(-c2ccc(CN)cc2C)c(C)c1. The molecule has 18 heavy (non-hydrogen) atoms. The average Bonchev–Trinajstić information content (AvgIpc) is 2.29. The van der Waals surface area contributed by atoms with Gasteiger partial charge in [-0.2, -0.15) is 0 Å². The second-order valence-electron chi connectivity index (χ2n) is 5.13. The van der Waals surface area contributed by atoms with Gasteiger partial charge in [-0.3, -0.25) is 0 Å². The predicted octanol–water partition coefficient (Wildman–Crippen LogP) is 4.05. The summed E-state index contributed by atoms with van der Waals surface area (Å²) < 4.78 is 0. The highest BCUT2D eigenvalue weighted by Crippen LogP contribution is 2.31. The quantitative estimate of drug-likeness (QED) is 0.840. The number of hydrogen-bond donors (Lipinski definition) is 1. The van der Waals surface area contributed by atoms with Crippen LogP contribution in [0.15, 0.2) is 30.3 Å². The van der Waals surface area contributed by atoms with Crippen molar-refractivity contribution in [2.24, 2.45) is 5.73 Å². The van der Waals surface area contributed by atoms with E-state index in [9.17, 15) is 0 Å². The van der Waals surface area contributed by atoms with Gasteiger partial charge >= 0.3 is 0 Å². The van der Waals surface area contributed by atoms with E-state index in [1.54, 1.807) is 0 Å². The lowest BCUT2D eigenvalue weighted by molar-refractivity contribution is 1.07. The van der Waals surface area contributed by atoms with Gasteiger partial charge in [0.1, 0.15) is 0 Å². The number of rotatable bonds is 2. The molecule has 2 aromatic rings. The molecule has 2 rings (SSSR count). The van der Waals surface area contributed by atoms with E-state index in [-0.39, 0.29) is 0 Å². The fourth-order valence-corrected chi connectivity index (χ4v) is 2.74. The molecular formula is C17H21N. The molecule has 0 aliphatic carbocycles. The Hall–Kier alpha value is -1.60. The molecule has 2 aromatic carbocycles. The monoisotopic (exact) mass is 239 g/mol. The lowest BCUT2D eigenvalue weighted by atomic mass is 9.90. The standard InChI is InChI=1S/C17H21N/c1-11-7-13(3)17(14(4)8-11)16-6-5-15(10-18)9-12(16)2/h5-9H,10,18H2,1-4H3. The van der Waals surface area contributed by atoms with Crippen molar-refractivity contribution in [1.29, 1.82) is 0 Å². The normalized spacial score (nSPS) is 10.7. The van der Waals surface area contributed by atoms with Crippen molar-refractivity contribution in [3.8, 4) is 11.1 Å². The molecule has 1 nitrogen and oxygen atoms in total. The maximum absolute atomic E-state index is 5.69. The van der Waals surface area contributed by atoms with E-state index in [4.69, 9.17) is 5.73 Å². The summed E-state index contributed by atoms with van der Waals surface area (Å²) in [5, 5.41) is 0. The highest BCUT2D eigenvalue weighted by molar-refractivity contribution is 5.74. The van der Waals surface area contributed by atoms with Crippen molar-refractivity contribution < 1.29 is 0 Å². The highest BCUT2D eigenvalue weighted by Gasteiger charge is 2.09. The Kier molecular flexibility index (Phi) is 3.53. The molecule has 0 atom stereocenters. The minimum absolute atomic E-state index is 0.604. The van der Waals surface area contributed by atoms with Gasteiger partial charge in [0.05, 0.1) is 0 Å². The van der Waals surface area contributed by atoms with Gasteiger partial charge in [-0.15, -0.1) is 0 Å². The third kappa shape index (κ3) is 2.32. The minimum atomic E-state index is 0.604. The van der Waals surface area contributed by atoms with Gasteiger partial charge in [0, 0.05) is 6.54 Å². The van der Waals surface area contributed by atoms with Crippen LogP contribution < -0.4 is 5.73 Å². The Morgan fingerprint density at radius 2 is 1.44 bits per heavy atom. The molecule has 0 fully saturated rings. The van der Waals surface area contributed by atoms with Crippen LogP contribution in [0.4, 0.5) is 0 Å². The maximum Gasteiger partial charge on any atom is 0.0178 e. The Morgan fingerprint density at radius 3 is 1.94 bits per heavy atom. The zero-order chi connectivity index (χ0) is 13.3. The first-order valence-corrected chi connectivity index (χ1v) is 6.40. The van der Waals surface area contributed by atoms with Gasteiger partial charge in [0.25, 0.3) is 0 Å². The lowest BCUT2D eigenvalue weighted by Crippen LogP contribution is -1.98. The van der Waals surface area contributed by atoms with E-state index < -0.39 is 0 Å². The van der Waals surface area contributed by atoms with E-state index in [2.05, 4.69) is 58.0 Å². The molecule has 0 aromatic heterocycles. The first-order chi connectivity index (χ1) is 8.52. The summed E-state index contributed by atoms with van der Waals surface area (Å²) >= 11 is 0. The first-order valence-electron chi connectivity index (χ1n) is 6.40. The fourth-order valence-electron chi connectivity index (χ4n) is 2.74. The molecule has 0 radical (unpaired) electrons. The van der Waals surface area contributed by atoms with Crippen LogP contribution in [0.25, 0.3) is 11.1 Å². The predicted molar refractivity (Wildman–Crippen MR) is 78.7 cm³/mol. The summed E-state index contributed by atoms with van der Waals surface area (Å²) in [6.07, 6.45) is 0. The molecule has 0 saturated carbocycles. The summed E-state index contributed by atoms with van der Waals surface area (Å²) in [7, 11) is 0. The molecule has 0 heterocycles. The molecule has 1 heteroatoms. The Balaban J connectivity index is 2.62. The molecule has 0 aliphatic heterocycles. The van der Waals surface area contributed by atoms with Gasteiger partial charge in [0.15, 0.2) is 0 Å². The maximum atomic E-state index is 5.69. The number of aryl methyl sites for hydroxylation is 4. The van der Waals surface area contributed by atoms with Crippen molar-refractivity contribution in [3.05, 3.63) is 58.1 Å². The van der Waals surface area contributed by atoms with E-state index in [0.717, 1.165) is 0 Å². The topological polar surface area (TPSA) is 26.0 Å². The summed E-state index contributed by atoms with van der Waals surface area (Å²) in [5.41, 5.74) is 14.9. The summed E-state index contributed by atoms with van der Waals surface area (Å²) in [6, 6.07) is 11.0. The third-order valence-electron chi connectivity index (χ3n) is 3.47. The fraction of sp³-hybridized carbons (Fsp3) is 0.294. The molecular weight excluding hydrogens is 218 g/mol. The van der Waals surface area contributed by atoms with Crippen LogP contribution in [0.3, 0.4) is 0 Å². The van der Waals surface area contributed by atoms with Gasteiger partial charge in [-0.25, -0.2) is 0 Å². The first kappa shape index (κ1) is 12.8. The van der Waals surface area contributed by atoms with Crippen LogP contribution in [0, 0.1) is 27.7 Å². The van der Waals surface area contributed by atoms with Crippen molar-refractivity contribution in [1.82, 2.24) is 0 Å². The molecule has 2 N–H and O–H groups in total. The third-order valence-corrected chi connectivity index (χ3v) is 3.47. The summed E-state index contributed by atoms with van der Waals surface area (Å²) in [4.78, 5) is 0. The second-order valence-corrected chi connectivity index (χ2v) is 5.13. The van der Waals surface area contributed by atoms with E-state index in [1.165, 1.54) is 38.9 Å². The molecule has 94 valence electrons. The van der Waals surface area contributed by atoms with E-state index in [1.807, 2.05) is 0 Å². The number of hydrogen-bond acceptors (Lipinski definition) is 1. The molecule has 0 saturated heterocycles. The van der Waals surface area contributed by atoms with Gasteiger partial charge < -0.3 is 5.73 Å². The van der Waals surface area contributed by atoms with Crippen LogP contribution >= 0.6 is 0 Å². The van der Waals surface area contributed by atoms with Crippen LogP contribution in [-0.4, -0.2) is 0 Å². The largest absolute Gasteiger partial charge is 0.326 e. The summed E-state index contributed by atoms with van der Waals surface area (Å²) in [5.74, 6) is 0. The van der Waals surface area contributed by atoms with Crippen molar-refractivity contribution in [2.75, 3.05) is 0 Å². The Bertz CT molecular complexity index is 559. The summed E-state index contributed by atoms with van der Waals surface area (Å²) in [6.45, 7) is 9.28. The van der Waals surface area contributed by atoms with Gasteiger partial charge in [-0.05, 0) is 61.1 Å². The molecule has 0 spiro atoms. The van der Waals surface area contributed by atoms with E-state index in [0.29, 0.717) is 6.54 Å². The Labute approximate surface area is 110 Å². The second kappa shape index (κ2) is 4.95. The minimum Gasteiger partial charge on any atom is -0.326 e. The number of nitrogens with two attached hydrogens (primary N) is 1. The van der Waals surface area contributed by atoms with Gasteiger partial charge in [-0.1, -0.05) is 35.9 Å². The van der Waals surface area contributed by atoms with Crippen LogP contribution in [0.5, 0.6) is 0 Å². The van der Waals surface area contributed by atoms with E-state index >= 15 is 0 Å². The molecule has 0 amide bonds. The zero-order valence-corrected chi connectivity index (χ0v) is 11.7. The molecule has 0 aliphatic rings. The van der Waals surface area contributed by atoms with Crippen molar-refractivity contribution >= 4 is 0 Å². The smallest absolute Gasteiger partial charge is 0.0178 e. The van der Waals surface area contributed by atoms with Crippen LogP contribution in [-0.2, 0) is 6.54 Å². The lowest BCUT2D eigenvalue weighted by Gasteiger charge is -2.14. The average molecular weight is 239 g/mol. The Morgan fingerprint density at radius 1 is 0.833 bits per heavy atom. The van der Waals surface area contributed by atoms with Gasteiger partial charge in [0.2, 0.25) is 0 Å². The number of benzene rings is 2. The van der Waals surface area contributed by atoms with Crippen LogP contribution in [0.1, 0.15) is 27.8 Å². The van der Waals surface area contributed by atoms with Crippen LogP contribution in [0.2, 0.25) is 0 Å². The molecule has 0 bridgehead atoms. The van der Waals surface area contributed by atoms with Crippen molar-refractivity contribution in [2.45, 2.75) is 34.2 Å².